The zero-order valence-electron chi connectivity index (χ0n) is 10.5. The van der Waals surface area contributed by atoms with Crippen molar-refractivity contribution in [3.05, 3.63) is 22.3 Å². The van der Waals surface area contributed by atoms with E-state index in [1.807, 2.05) is 13.0 Å². The summed E-state index contributed by atoms with van der Waals surface area (Å²) in [5.41, 5.74) is 1.04. The monoisotopic (exact) mass is 297 g/mol. The molecule has 0 spiro atoms. The fraction of sp³-hybridized carbons (Fsp3) is 0.615. The molecule has 0 bridgehead atoms. The van der Waals surface area contributed by atoms with Crippen molar-refractivity contribution < 1.29 is 0 Å². The number of nitrogens with zero attached hydrogens (tertiary/aromatic N) is 2. The number of piperidine rings is 1. The van der Waals surface area contributed by atoms with Gasteiger partial charge in [-0.1, -0.05) is 0 Å². The molecule has 0 saturated carbocycles. The highest BCUT2D eigenvalue weighted by Gasteiger charge is 2.16. The number of aromatic nitrogens is 1. The predicted molar refractivity (Wildman–Crippen MR) is 75.4 cm³/mol. The van der Waals surface area contributed by atoms with Gasteiger partial charge in [0.2, 0.25) is 0 Å². The summed E-state index contributed by atoms with van der Waals surface area (Å²) in [4.78, 5) is 6.92. The fourth-order valence-electron chi connectivity index (χ4n) is 2.33. The molecule has 0 aliphatic carbocycles. The molecular weight excluding hydrogens is 278 g/mol. The van der Waals surface area contributed by atoms with E-state index in [1.165, 1.54) is 25.9 Å². The van der Waals surface area contributed by atoms with Crippen LogP contribution in [0.5, 0.6) is 0 Å². The maximum absolute atomic E-state index is 4.50. The molecule has 17 heavy (non-hydrogen) atoms. The van der Waals surface area contributed by atoms with Gasteiger partial charge in [-0.2, -0.15) is 0 Å². The summed E-state index contributed by atoms with van der Waals surface area (Å²) in [6, 6.07) is 4.08. The number of hydrogen-bond acceptors (Lipinski definition) is 3. The lowest BCUT2D eigenvalue weighted by Gasteiger charge is -2.29. The first-order chi connectivity index (χ1) is 8.15. The summed E-state index contributed by atoms with van der Waals surface area (Å²) in [7, 11) is 2.20. The predicted octanol–water partition coefficient (Wildman–Crippen LogP) is 2.91. The Kier molecular flexibility index (Phi) is 4.40. The lowest BCUT2D eigenvalue weighted by molar-refractivity contribution is 0.217. The molecule has 1 aromatic heterocycles. The number of rotatable bonds is 3. The first kappa shape index (κ1) is 12.8. The smallest absolute Gasteiger partial charge is 0.126 e. The summed E-state index contributed by atoms with van der Waals surface area (Å²) in [5, 5.41) is 3.44. The van der Waals surface area contributed by atoms with Crippen LogP contribution in [0, 0.1) is 12.8 Å². The molecule has 2 rings (SSSR count). The molecule has 1 N–H and O–H groups in total. The second-order valence-corrected chi connectivity index (χ2v) is 5.77. The molecule has 0 aromatic carbocycles. The highest BCUT2D eigenvalue weighted by molar-refractivity contribution is 9.10. The van der Waals surface area contributed by atoms with Crippen LogP contribution < -0.4 is 5.32 Å². The molecule has 3 nitrogen and oxygen atoms in total. The van der Waals surface area contributed by atoms with Gasteiger partial charge in [0.1, 0.15) is 5.82 Å². The van der Waals surface area contributed by atoms with Crippen molar-refractivity contribution >= 4 is 21.7 Å². The lowest BCUT2D eigenvalue weighted by atomic mass is 9.98. The first-order valence-corrected chi connectivity index (χ1v) is 7.00. The third-order valence-electron chi connectivity index (χ3n) is 3.32. The Morgan fingerprint density at radius 2 is 2.35 bits per heavy atom. The van der Waals surface area contributed by atoms with Gasteiger partial charge >= 0.3 is 0 Å². The number of halogens is 1. The second kappa shape index (κ2) is 5.83. The minimum absolute atomic E-state index is 0.750. The van der Waals surface area contributed by atoms with Crippen LogP contribution in [-0.2, 0) is 0 Å². The molecule has 1 atom stereocenters. The number of hydrogen-bond donors (Lipinski definition) is 1. The van der Waals surface area contributed by atoms with Crippen LogP contribution in [0.3, 0.4) is 0 Å². The van der Waals surface area contributed by atoms with Gasteiger partial charge in [0.05, 0.1) is 5.69 Å². The van der Waals surface area contributed by atoms with Crippen LogP contribution in [-0.4, -0.2) is 36.6 Å². The van der Waals surface area contributed by atoms with Crippen molar-refractivity contribution in [3.63, 3.8) is 0 Å². The normalized spacial score (nSPS) is 21.5. The van der Waals surface area contributed by atoms with E-state index in [0.717, 1.165) is 28.4 Å². The quantitative estimate of drug-likeness (QED) is 0.930. The first-order valence-electron chi connectivity index (χ1n) is 6.20. The maximum Gasteiger partial charge on any atom is 0.126 e. The number of likely N-dealkylation sites (tertiary alicyclic amines) is 1. The van der Waals surface area contributed by atoms with Crippen molar-refractivity contribution in [3.8, 4) is 0 Å². The highest BCUT2D eigenvalue weighted by Crippen LogP contribution is 2.18. The molecule has 4 heteroatoms. The molecule has 94 valence electrons. The van der Waals surface area contributed by atoms with Crippen molar-refractivity contribution in [2.24, 2.45) is 5.92 Å². The van der Waals surface area contributed by atoms with Gasteiger partial charge in [0.25, 0.3) is 0 Å². The van der Waals surface area contributed by atoms with Crippen LogP contribution >= 0.6 is 15.9 Å². The Labute approximate surface area is 112 Å². The zero-order chi connectivity index (χ0) is 12.3. The summed E-state index contributed by atoms with van der Waals surface area (Å²) < 4.78 is 1.07. The Morgan fingerprint density at radius 1 is 1.53 bits per heavy atom. The van der Waals surface area contributed by atoms with Crippen molar-refractivity contribution in [2.45, 2.75) is 19.8 Å². The minimum atomic E-state index is 0.750. The molecule has 1 unspecified atom stereocenters. The second-order valence-electron chi connectivity index (χ2n) is 4.92. The van der Waals surface area contributed by atoms with Gasteiger partial charge in [-0.3, -0.25) is 0 Å². The maximum atomic E-state index is 4.50. The van der Waals surface area contributed by atoms with Crippen LogP contribution in [0.1, 0.15) is 18.5 Å². The van der Waals surface area contributed by atoms with Crippen LogP contribution in [0.2, 0.25) is 0 Å². The summed E-state index contributed by atoms with van der Waals surface area (Å²) in [5.74, 6) is 1.73. The Bertz CT molecular complexity index is 381. The van der Waals surface area contributed by atoms with E-state index in [0.29, 0.717) is 0 Å². The van der Waals surface area contributed by atoms with Crippen LogP contribution in [0.4, 0.5) is 5.82 Å². The van der Waals surface area contributed by atoms with E-state index < -0.39 is 0 Å². The molecule has 0 radical (unpaired) electrons. The Hall–Kier alpha value is -0.610. The number of anilines is 1. The largest absolute Gasteiger partial charge is 0.370 e. The molecule has 0 amide bonds. The van der Waals surface area contributed by atoms with Crippen LogP contribution in [0.15, 0.2) is 16.6 Å². The van der Waals surface area contributed by atoms with E-state index in [9.17, 15) is 0 Å². The zero-order valence-corrected chi connectivity index (χ0v) is 12.1. The Morgan fingerprint density at radius 3 is 3.06 bits per heavy atom. The number of pyridine rings is 1. The molecule has 1 fully saturated rings. The van der Waals surface area contributed by atoms with Gasteiger partial charge in [-0.05, 0) is 67.3 Å². The third kappa shape index (κ3) is 3.68. The average Bonchev–Trinajstić information content (AvgIpc) is 2.31. The highest BCUT2D eigenvalue weighted by atomic mass is 79.9. The molecule has 1 saturated heterocycles. The Balaban J connectivity index is 1.86. The number of nitrogens with one attached hydrogen (secondary N) is 1. The molecular formula is C13H20BrN3. The van der Waals surface area contributed by atoms with Crippen molar-refractivity contribution in [2.75, 3.05) is 32.0 Å². The molecule has 1 aromatic rings. The topological polar surface area (TPSA) is 28.2 Å². The van der Waals surface area contributed by atoms with E-state index in [-0.39, 0.29) is 0 Å². The molecule has 1 aliphatic rings. The standard InChI is InChI=1S/C13H20BrN3/c1-10-12(14)5-6-13(16-10)15-8-11-4-3-7-17(2)9-11/h5-6,11H,3-4,7-9H2,1-2H3,(H,15,16). The third-order valence-corrected chi connectivity index (χ3v) is 4.15. The van der Waals surface area contributed by atoms with Gasteiger partial charge in [-0.15, -0.1) is 0 Å². The number of aryl methyl sites for hydroxylation is 1. The lowest BCUT2D eigenvalue weighted by Crippen LogP contribution is -2.35. The van der Waals surface area contributed by atoms with E-state index in [4.69, 9.17) is 0 Å². The van der Waals surface area contributed by atoms with Crippen LogP contribution in [0.25, 0.3) is 0 Å². The van der Waals surface area contributed by atoms with Crippen molar-refractivity contribution in [1.82, 2.24) is 9.88 Å². The van der Waals surface area contributed by atoms with Gasteiger partial charge < -0.3 is 10.2 Å². The van der Waals surface area contributed by atoms with Gasteiger partial charge in [0.15, 0.2) is 0 Å². The van der Waals surface area contributed by atoms with Gasteiger partial charge in [-0.25, -0.2) is 4.98 Å². The molecule has 1 aliphatic heterocycles. The van der Waals surface area contributed by atoms with E-state index in [2.05, 4.69) is 44.2 Å². The summed E-state index contributed by atoms with van der Waals surface area (Å²) in [6.45, 7) is 5.48. The minimum Gasteiger partial charge on any atom is -0.370 e. The van der Waals surface area contributed by atoms with E-state index in [1.54, 1.807) is 0 Å². The summed E-state index contributed by atoms with van der Waals surface area (Å²) >= 11 is 3.47. The summed E-state index contributed by atoms with van der Waals surface area (Å²) in [6.07, 6.45) is 2.64. The fourth-order valence-corrected chi connectivity index (χ4v) is 2.55. The SMILES string of the molecule is Cc1nc(NCC2CCCN(C)C2)ccc1Br. The van der Waals surface area contributed by atoms with Gasteiger partial charge in [0, 0.05) is 17.6 Å². The molecule has 2 heterocycles. The average molecular weight is 298 g/mol. The van der Waals surface area contributed by atoms with Crippen molar-refractivity contribution in [1.29, 1.82) is 0 Å². The van der Waals surface area contributed by atoms with E-state index >= 15 is 0 Å².